The molecule has 0 amide bonds. The van der Waals surface area contributed by atoms with Gasteiger partial charge >= 0.3 is 0 Å². The van der Waals surface area contributed by atoms with Crippen LogP contribution < -0.4 is 5.32 Å². The van der Waals surface area contributed by atoms with E-state index >= 15 is 0 Å². The van der Waals surface area contributed by atoms with E-state index in [1.165, 1.54) is 0 Å². The summed E-state index contributed by atoms with van der Waals surface area (Å²) in [4.78, 5) is 0. The van der Waals surface area contributed by atoms with Crippen LogP contribution in [0.15, 0.2) is 0 Å². The van der Waals surface area contributed by atoms with Gasteiger partial charge in [-0.3, -0.25) is 0 Å². The van der Waals surface area contributed by atoms with Crippen LogP contribution in [0, 0.1) is 11.8 Å². The second-order valence-corrected chi connectivity index (χ2v) is 1.88. The molecule has 0 aliphatic carbocycles. The van der Waals surface area contributed by atoms with Crippen molar-refractivity contribution < 1.29 is 0 Å². The molecule has 0 bridgehead atoms. The average Bonchev–Trinajstić information content (AvgIpc) is 1.86. The highest BCUT2D eigenvalue weighted by atomic mass is 32.1. The van der Waals surface area contributed by atoms with Crippen LogP contribution in [0.3, 0.4) is 0 Å². The van der Waals surface area contributed by atoms with Crippen LogP contribution in [0.1, 0.15) is 6.42 Å². The van der Waals surface area contributed by atoms with Gasteiger partial charge in [0, 0.05) is 0 Å². The summed E-state index contributed by atoms with van der Waals surface area (Å²) in [6, 6.07) is 0. The van der Waals surface area contributed by atoms with E-state index in [-0.39, 0.29) is 0 Å². The van der Waals surface area contributed by atoms with Crippen LogP contribution in [0.25, 0.3) is 0 Å². The third kappa shape index (κ3) is 0.884. The molecular weight excluding hydrogens is 94.1 g/mol. The van der Waals surface area contributed by atoms with Crippen LogP contribution in [0.2, 0.25) is 0 Å². The van der Waals surface area contributed by atoms with Crippen molar-refractivity contribution in [1.82, 2.24) is 5.32 Å². The van der Waals surface area contributed by atoms with Crippen LogP contribution >= 0.6 is 0 Å². The SMILES string of the molecule is [SH2+][C-]1[C]NCC1. The van der Waals surface area contributed by atoms with Gasteiger partial charge in [-0.2, -0.15) is 12.6 Å². The Balaban J connectivity index is 2.18. The van der Waals surface area contributed by atoms with Crippen molar-refractivity contribution in [3.8, 4) is 0 Å². The van der Waals surface area contributed by atoms with E-state index in [9.17, 15) is 0 Å². The molecule has 2 heteroatoms. The number of hydrogen-bond donors (Lipinski definition) is 1. The molecule has 0 aromatic rings. The first-order valence-electron chi connectivity index (χ1n) is 1.96. The minimum atomic E-state index is 1.04. The highest BCUT2D eigenvalue weighted by Crippen LogP contribution is 2.09. The predicted octanol–water partition coefficient (Wildman–Crippen LogP) is -0.438. The highest BCUT2D eigenvalue weighted by Gasteiger charge is 2.00. The lowest BCUT2D eigenvalue weighted by atomic mass is 10.4. The van der Waals surface area contributed by atoms with Crippen LogP contribution in [0.5, 0.6) is 0 Å². The normalized spacial score (nSPS) is 25.5. The summed E-state index contributed by atoms with van der Waals surface area (Å²) in [5, 5.41) is 4.08. The van der Waals surface area contributed by atoms with Gasteiger partial charge in [0.2, 0.25) is 0 Å². The molecule has 1 rings (SSSR count). The topological polar surface area (TPSA) is 12.0 Å². The van der Waals surface area contributed by atoms with E-state index < -0.39 is 0 Å². The molecule has 0 atom stereocenters. The van der Waals surface area contributed by atoms with Gasteiger partial charge in [-0.15, -0.1) is 6.42 Å². The Morgan fingerprint density at radius 1 is 1.83 bits per heavy atom. The summed E-state index contributed by atoms with van der Waals surface area (Å²) in [6.07, 6.45) is 1.09. The standard InChI is InChI=1S/C4H7NS/c6-4-1-2-5-3-4/h5H,1-2,6H2. The summed E-state index contributed by atoms with van der Waals surface area (Å²) in [7, 11) is 0. The second-order valence-electron chi connectivity index (χ2n) is 1.28. The molecule has 1 nitrogen and oxygen atoms in total. The zero-order valence-corrected chi connectivity index (χ0v) is 4.41. The van der Waals surface area contributed by atoms with Crippen molar-refractivity contribution in [3.05, 3.63) is 11.8 Å². The fourth-order valence-corrected chi connectivity index (χ4v) is 0.633. The largest absolute Gasteiger partial charge is 0.340 e. The first-order chi connectivity index (χ1) is 2.89. The quantitative estimate of drug-likeness (QED) is 0.322. The van der Waals surface area contributed by atoms with Gasteiger partial charge in [-0.05, 0) is 6.54 Å². The lowest BCUT2D eigenvalue weighted by Crippen LogP contribution is -1.99. The average molecular weight is 101 g/mol. The molecule has 0 spiro atoms. The molecule has 1 fully saturated rings. The van der Waals surface area contributed by atoms with Gasteiger partial charge in [0.25, 0.3) is 0 Å². The van der Waals surface area contributed by atoms with E-state index in [1.807, 2.05) is 0 Å². The summed E-state index contributed by atoms with van der Waals surface area (Å²) < 4.78 is 0. The third-order valence-corrected chi connectivity index (χ3v) is 1.11. The van der Waals surface area contributed by atoms with E-state index in [2.05, 4.69) is 24.5 Å². The van der Waals surface area contributed by atoms with E-state index in [4.69, 9.17) is 0 Å². The minimum Gasteiger partial charge on any atom is -0.340 e. The molecule has 0 aromatic carbocycles. The second kappa shape index (κ2) is 1.85. The van der Waals surface area contributed by atoms with Crippen LogP contribution in [0.4, 0.5) is 0 Å². The van der Waals surface area contributed by atoms with E-state index in [1.54, 1.807) is 0 Å². The van der Waals surface area contributed by atoms with Crippen molar-refractivity contribution in [1.29, 1.82) is 0 Å². The maximum Gasteiger partial charge on any atom is -0.0300 e. The highest BCUT2D eigenvalue weighted by molar-refractivity contribution is 7.62. The minimum absolute atomic E-state index is 1.04. The number of hydrogen-bond acceptors (Lipinski definition) is 1. The molecule has 2 radical (unpaired) electrons. The molecule has 0 unspecified atom stereocenters. The molecule has 34 valence electrons. The maximum absolute atomic E-state index is 3.33. The van der Waals surface area contributed by atoms with Gasteiger partial charge in [0.1, 0.15) is 0 Å². The fourth-order valence-electron chi connectivity index (χ4n) is 0.419. The van der Waals surface area contributed by atoms with E-state index in [0.717, 1.165) is 18.2 Å². The van der Waals surface area contributed by atoms with Crippen molar-refractivity contribution in [2.75, 3.05) is 6.54 Å². The molecule has 1 N–H and O–H groups in total. The number of nitrogens with one attached hydrogen (secondary N) is 1. The zero-order chi connectivity index (χ0) is 4.41. The predicted molar refractivity (Wildman–Crippen MR) is 29.3 cm³/mol. The lowest BCUT2D eigenvalue weighted by Gasteiger charge is -1.97. The Kier molecular flexibility index (Phi) is 1.37. The van der Waals surface area contributed by atoms with Crippen molar-refractivity contribution in [2.24, 2.45) is 0 Å². The van der Waals surface area contributed by atoms with Crippen LogP contribution in [-0.2, 0) is 12.6 Å². The van der Waals surface area contributed by atoms with Crippen molar-refractivity contribution in [3.63, 3.8) is 0 Å². The van der Waals surface area contributed by atoms with Crippen LogP contribution in [-0.4, -0.2) is 6.54 Å². The maximum atomic E-state index is 3.33. The summed E-state index contributed by atoms with van der Waals surface area (Å²) in [5.41, 5.74) is 0. The zero-order valence-electron chi connectivity index (χ0n) is 3.41. The van der Waals surface area contributed by atoms with Gasteiger partial charge < -0.3 is 5.32 Å². The molecule has 6 heavy (non-hydrogen) atoms. The van der Waals surface area contributed by atoms with Crippen molar-refractivity contribution >= 4 is 12.6 Å². The molecule has 1 saturated heterocycles. The monoisotopic (exact) mass is 101 g/mol. The summed E-state index contributed by atoms with van der Waals surface area (Å²) in [6.45, 7) is 3.94. The molecule has 0 aromatic heterocycles. The van der Waals surface area contributed by atoms with Gasteiger partial charge in [0.15, 0.2) is 0 Å². The fraction of sp³-hybridized carbons (Fsp3) is 0.500. The molecule has 1 aliphatic heterocycles. The van der Waals surface area contributed by atoms with Gasteiger partial charge in [-0.25, -0.2) is 0 Å². The smallest absolute Gasteiger partial charge is 0.0300 e. The third-order valence-electron chi connectivity index (χ3n) is 0.739. The molecular formula is C4H7NS. The summed E-state index contributed by atoms with van der Waals surface area (Å²) >= 11 is 3.33. The first kappa shape index (κ1) is 4.47. The summed E-state index contributed by atoms with van der Waals surface area (Å²) in [5.74, 6) is 0. The van der Waals surface area contributed by atoms with Crippen molar-refractivity contribution in [2.45, 2.75) is 6.42 Å². The van der Waals surface area contributed by atoms with Gasteiger partial charge in [-0.1, -0.05) is 11.8 Å². The Morgan fingerprint density at radius 3 is 2.83 bits per heavy atom. The number of rotatable bonds is 0. The Morgan fingerprint density at radius 2 is 2.67 bits per heavy atom. The Labute approximate surface area is 43.5 Å². The molecule has 1 heterocycles. The lowest BCUT2D eigenvalue weighted by molar-refractivity contribution is 0.911. The van der Waals surface area contributed by atoms with Gasteiger partial charge in [0.05, 0.1) is 0 Å². The Bertz CT molecular complexity index is 40.8. The molecule has 0 saturated carbocycles. The molecule has 1 aliphatic rings. The first-order valence-corrected chi connectivity index (χ1v) is 2.46. The van der Waals surface area contributed by atoms with E-state index in [0.29, 0.717) is 0 Å². The Hall–Kier alpha value is 0.310.